The molecule has 4 rings (SSSR count). The van der Waals surface area contributed by atoms with E-state index in [4.69, 9.17) is 28.4 Å². The Bertz CT molecular complexity index is 906. The van der Waals surface area contributed by atoms with Crippen molar-refractivity contribution in [1.82, 2.24) is 0 Å². The van der Waals surface area contributed by atoms with Gasteiger partial charge >= 0.3 is 5.97 Å². The number of nitrogens with zero attached hydrogens (tertiary/aromatic N) is 1. The lowest BCUT2D eigenvalue weighted by atomic mass is 9.71. The van der Waals surface area contributed by atoms with E-state index in [2.05, 4.69) is 19.6 Å². The molecule has 2 aliphatic heterocycles. The Hall–Kier alpha value is -2.00. The SMILES string of the molecule is CO[C@H]1C=C(O[Si](C)(C)C)C[C@@H]([C@H]2COC(C)(C)O2)[C@@]12N=C(c1ccccc1)OC2=O. The molecule has 2 heterocycles. The van der Waals surface area contributed by atoms with Crippen LogP contribution in [-0.4, -0.2) is 57.4 Å². The second kappa shape index (κ2) is 7.85. The fourth-order valence-electron chi connectivity index (χ4n) is 4.52. The molecule has 3 aliphatic rings. The zero-order valence-electron chi connectivity index (χ0n) is 19.0. The lowest BCUT2D eigenvalue weighted by molar-refractivity contribution is -0.163. The number of rotatable bonds is 5. The largest absolute Gasteiger partial charge is 0.547 e. The van der Waals surface area contributed by atoms with Crippen LogP contribution in [0.1, 0.15) is 25.8 Å². The monoisotopic (exact) mass is 445 g/mol. The first kappa shape index (κ1) is 22.2. The molecule has 0 saturated carbocycles. The molecule has 0 aromatic heterocycles. The zero-order chi connectivity index (χ0) is 22.4. The lowest BCUT2D eigenvalue weighted by Crippen LogP contribution is -2.58. The Balaban J connectivity index is 1.80. The minimum atomic E-state index is -1.87. The average Bonchev–Trinajstić information content (AvgIpc) is 3.23. The molecule has 8 heteroatoms. The molecule has 1 aromatic rings. The fourth-order valence-corrected chi connectivity index (χ4v) is 5.45. The number of carbonyl (C=O) groups is 1. The van der Waals surface area contributed by atoms with E-state index >= 15 is 0 Å². The number of hydrogen-bond acceptors (Lipinski definition) is 7. The Kier molecular flexibility index (Phi) is 5.62. The van der Waals surface area contributed by atoms with Crippen LogP contribution in [0, 0.1) is 5.92 Å². The van der Waals surface area contributed by atoms with Crippen LogP contribution in [0.4, 0.5) is 0 Å². The molecule has 0 unspecified atom stereocenters. The maximum absolute atomic E-state index is 13.4. The first-order valence-corrected chi connectivity index (χ1v) is 14.1. The van der Waals surface area contributed by atoms with Crippen LogP contribution in [0.3, 0.4) is 0 Å². The van der Waals surface area contributed by atoms with Crippen LogP contribution in [-0.2, 0) is 28.2 Å². The van der Waals surface area contributed by atoms with Gasteiger partial charge in [-0.1, -0.05) is 18.2 Å². The molecule has 1 aromatic carbocycles. The summed E-state index contributed by atoms with van der Waals surface area (Å²) in [5.74, 6) is -0.404. The molecule has 7 nitrogen and oxygen atoms in total. The number of ether oxygens (including phenoxy) is 4. The summed E-state index contributed by atoms with van der Waals surface area (Å²) >= 11 is 0. The summed E-state index contributed by atoms with van der Waals surface area (Å²) < 4.78 is 29.9. The molecule has 31 heavy (non-hydrogen) atoms. The third kappa shape index (κ3) is 4.22. The van der Waals surface area contributed by atoms with Crippen LogP contribution in [0.2, 0.25) is 19.6 Å². The van der Waals surface area contributed by atoms with E-state index in [0.29, 0.717) is 18.9 Å². The summed E-state index contributed by atoms with van der Waals surface area (Å²) in [5, 5.41) is 0. The van der Waals surface area contributed by atoms with Gasteiger partial charge in [0.05, 0.1) is 18.5 Å². The predicted octanol–water partition coefficient (Wildman–Crippen LogP) is 3.65. The van der Waals surface area contributed by atoms with Gasteiger partial charge in [0.1, 0.15) is 6.10 Å². The number of carbonyl (C=O) groups excluding carboxylic acids is 1. The van der Waals surface area contributed by atoms with Crippen molar-refractivity contribution in [2.24, 2.45) is 10.9 Å². The molecular formula is C23H31NO6Si. The van der Waals surface area contributed by atoms with E-state index in [1.165, 1.54) is 0 Å². The number of methoxy groups -OCH3 is 1. The molecule has 0 radical (unpaired) electrons. The van der Waals surface area contributed by atoms with Crippen LogP contribution in [0.15, 0.2) is 47.2 Å². The van der Waals surface area contributed by atoms with Gasteiger partial charge in [-0.25, -0.2) is 9.79 Å². The highest BCUT2D eigenvalue weighted by Gasteiger charge is 2.63. The Labute approximate surface area is 184 Å². The van der Waals surface area contributed by atoms with Crippen molar-refractivity contribution in [3.8, 4) is 0 Å². The molecule has 0 N–H and O–H groups in total. The van der Waals surface area contributed by atoms with Crippen LogP contribution >= 0.6 is 0 Å². The number of cyclic esters (lactones) is 1. The number of allylic oxidation sites excluding steroid dienone is 1. The molecule has 168 valence electrons. The normalized spacial score (nSPS) is 32.6. The number of benzene rings is 1. The van der Waals surface area contributed by atoms with Crippen molar-refractivity contribution < 1.29 is 28.2 Å². The highest BCUT2D eigenvalue weighted by atomic mass is 28.4. The van der Waals surface area contributed by atoms with Crippen molar-refractivity contribution >= 4 is 20.2 Å². The van der Waals surface area contributed by atoms with Gasteiger partial charge in [0, 0.05) is 25.0 Å². The van der Waals surface area contributed by atoms with Gasteiger partial charge in [0.2, 0.25) is 14.2 Å². The quantitative estimate of drug-likeness (QED) is 0.509. The number of hydrogen-bond donors (Lipinski definition) is 0. The maximum Gasteiger partial charge on any atom is 0.344 e. The first-order chi connectivity index (χ1) is 14.5. The molecule has 1 fully saturated rings. The summed E-state index contributed by atoms with van der Waals surface area (Å²) in [6, 6.07) is 9.43. The summed E-state index contributed by atoms with van der Waals surface area (Å²) in [6.45, 7) is 10.5. The van der Waals surface area contributed by atoms with Gasteiger partial charge in [-0.05, 0) is 51.7 Å². The van der Waals surface area contributed by atoms with Crippen LogP contribution in [0.5, 0.6) is 0 Å². The fraction of sp³-hybridized carbons (Fsp3) is 0.565. The standard InChI is InChI=1S/C23H31NO6Si/c1-22(2)27-14-18(29-22)17-12-16(30-31(4,5)6)13-19(26-3)23(17)21(25)28-20(24-23)15-10-8-7-9-11-15/h7-11,13,17-19H,12,14H2,1-6H3/t17-,18+,19-,23+/m0/s1. The van der Waals surface area contributed by atoms with Crippen molar-refractivity contribution in [1.29, 1.82) is 0 Å². The molecule has 1 spiro atoms. The van der Waals surface area contributed by atoms with Crippen LogP contribution in [0.25, 0.3) is 0 Å². The van der Waals surface area contributed by atoms with E-state index in [-0.39, 0.29) is 12.0 Å². The maximum atomic E-state index is 13.4. The topological polar surface area (TPSA) is 75.6 Å². The molecule has 1 saturated heterocycles. The van der Waals surface area contributed by atoms with Crippen molar-refractivity contribution in [3.05, 3.63) is 47.7 Å². The van der Waals surface area contributed by atoms with E-state index < -0.39 is 31.7 Å². The van der Waals surface area contributed by atoms with Crippen molar-refractivity contribution in [2.75, 3.05) is 13.7 Å². The van der Waals surface area contributed by atoms with E-state index in [0.717, 1.165) is 11.3 Å². The molecule has 1 aliphatic carbocycles. The van der Waals surface area contributed by atoms with E-state index in [1.54, 1.807) is 7.11 Å². The third-order valence-electron chi connectivity index (χ3n) is 5.75. The lowest BCUT2D eigenvalue weighted by Gasteiger charge is -2.43. The third-order valence-corrected chi connectivity index (χ3v) is 6.63. The number of aliphatic imine (C=N–C) groups is 1. The Morgan fingerprint density at radius 3 is 2.45 bits per heavy atom. The predicted molar refractivity (Wildman–Crippen MR) is 118 cm³/mol. The van der Waals surface area contributed by atoms with Crippen molar-refractivity contribution in [2.45, 2.75) is 63.4 Å². The van der Waals surface area contributed by atoms with Gasteiger partial charge in [-0.2, -0.15) is 0 Å². The summed E-state index contributed by atoms with van der Waals surface area (Å²) in [6.07, 6.45) is 1.38. The van der Waals surface area contributed by atoms with Gasteiger partial charge in [-0.15, -0.1) is 0 Å². The van der Waals surface area contributed by atoms with Crippen LogP contribution < -0.4 is 0 Å². The Morgan fingerprint density at radius 1 is 1.16 bits per heavy atom. The molecule has 0 bridgehead atoms. The summed E-state index contributed by atoms with van der Waals surface area (Å²) in [5.41, 5.74) is -0.515. The molecular weight excluding hydrogens is 414 g/mol. The van der Waals surface area contributed by atoms with Gasteiger partial charge in [0.25, 0.3) is 0 Å². The summed E-state index contributed by atoms with van der Waals surface area (Å²) in [7, 11) is -0.287. The second-order valence-corrected chi connectivity index (χ2v) is 14.1. The highest BCUT2D eigenvalue weighted by Crippen LogP contribution is 2.47. The zero-order valence-corrected chi connectivity index (χ0v) is 20.0. The van der Waals surface area contributed by atoms with Gasteiger partial charge in [0.15, 0.2) is 11.3 Å². The van der Waals surface area contributed by atoms with E-state index in [9.17, 15) is 4.79 Å². The highest BCUT2D eigenvalue weighted by molar-refractivity contribution is 6.70. The summed E-state index contributed by atoms with van der Waals surface area (Å²) in [4.78, 5) is 18.3. The first-order valence-electron chi connectivity index (χ1n) is 10.7. The van der Waals surface area contributed by atoms with Crippen molar-refractivity contribution in [3.63, 3.8) is 0 Å². The molecule has 4 atom stereocenters. The Morgan fingerprint density at radius 2 is 1.87 bits per heavy atom. The number of esters is 1. The average molecular weight is 446 g/mol. The minimum Gasteiger partial charge on any atom is -0.547 e. The van der Waals surface area contributed by atoms with E-state index in [1.807, 2.05) is 50.3 Å². The molecule has 0 amide bonds. The van der Waals surface area contributed by atoms with Gasteiger partial charge in [-0.3, -0.25) is 0 Å². The second-order valence-electron chi connectivity index (χ2n) is 9.68. The minimum absolute atomic E-state index is 0.304. The van der Waals surface area contributed by atoms with Gasteiger partial charge < -0.3 is 23.4 Å². The smallest absolute Gasteiger partial charge is 0.344 e.